The molecule has 0 atom stereocenters. The molecule has 0 fully saturated rings. The van der Waals surface area contributed by atoms with Crippen molar-refractivity contribution in [3.05, 3.63) is 47.7 Å². The molecule has 5 heteroatoms. The Kier molecular flexibility index (Phi) is 3.66. The average molecular weight is 257 g/mol. The maximum absolute atomic E-state index is 11.3. The number of hydrogen-bond donors (Lipinski definition) is 2. The van der Waals surface area contributed by atoms with E-state index in [1.807, 2.05) is 13.0 Å². The molecular weight excluding hydrogens is 242 g/mol. The second-order valence-corrected chi connectivity index (χ2v) is 4.08. The van der Waals surface area contributed by atoms with Crippen LogP contribution in [-0.2, 0) is 4.74 Å². The maximum Gasteiger partial charge on any atom is 0.337 e. The molecule has 0 bridgehead atoms. The van der Waals surface area contributed by atoms with Crippen LogP contribution in [0, 0.1) is 6.92 Å². The highest BCUT2D eigenvalue weighted by molar-refractivity contribution is 5.89. The lowest BCUT2D eigenvalue weighted by molar-refractivity contribution is 0.0601. The zero-order valence-corrected chi connectivity index (χ0v) is 10.8. The number of ether oxygens (including phenoxy) is 1. The Morgan fingerprint density at radius 2 is 1.89 bits per heavy atom. The first-order chi connectivity index (χ1) is 9.10. The molecule has 98 valence electrons. The summed E-state index contributed by atoms with van der Waals surface area (Å²) in [5.74, 6) is 0.241. The number of methoxy groups -OCH3 is 1. The SMILES string of the molecule is COC(=O)c1ccc(Nc2nc(C)ccc2N)cc1. The summed E-state index contributed by atoms with van der Waals surface area (Å²) in [5.41, 5.74) is 8.59. The Labute approximate surface area is 111 Å². The summed E-state index contributed by atoms with van der Waals surface area (Å²) >= 11 is 0. The number of aryl methyl sites for hydroxylation is 1. The fraction of sp³-hybridized carbons (Fsp3) is 0.143. The van der Waals surface area contributed by atoms with Gasteiger partial charge in [-0.1, -0.05) is 0 Å². The second kappa shape index (κ2) is 5.39. The van der Waals surface area contributed by atoms with Crippen molar-refractivity contribution in [2.24, 2.45) is 0 Å². The van der Waals surface area contributed by atoms with Gasteiger partial charge in [-0.15, -0.1) is 0 Å². The van der Waals surface area contributed by atoms with Crippen molar-refractivity contribution in [1.29, 1.82) is 0 Å². The summed E-state index contributed by atoms with van der Waals surface area (Å²) in [4.78, 5) is 15.6. The number of nitrogens with zero attached hydrogens (tertiary/aromatic N) is 1. The van der Waals surface area contributed by atoms with Gasteiger partial charge in [0.25, 0.3) is 0 Å². The van der Waals surface area contributed by atoms with E-state index >= 15 is 0 Å². The van der Waals surface area contributed by atoms with Gasteiger partial charge in [0.1, 0.15) is 0 Å². The maximum atomic E-state index is 11.3. The molecule has 0 unspecified atom stereocenters. The molecule has 0 saturated heterocycles. The van der Waals surface area contributed by atoms with Gasteiger partial charge in [-0.3, -0.25) is 0 Å². The molecular formula is C14H15N3O2. The molecule has 1 aromatic heterocycles. The van der Waals surface area contributed by atoms with Crippen molar-refractivity contribution in [3.63, 3.8) is 0 Å². The standard InChI is InChI=1S/C14H15N3O2/c1-9-3-8-12(15)13(16-9)17-11-6-4-10(5-7-11)14(18)19-2/h3-8H,15H2,1-2H3,(H,16,17). The van der Waals surface area contributed by atoms with Crippen LogP contribution in [0.3, 0.4) is 0 Å². The monoisotopic (exact) mass is 257 g/mol. The van der Waals surface area contributed by atoms with Crippen molar-refractivity contribution in [2.75, 3.05) is 18.2 Å². The van der Waals surface area contributed by atoms with Crippen LogP contribution in [0.25, 0.3) is 0 Å². The molecule has 0 saturated carbocycles. The number of anilines is 3. The Hall–Kier alpha value is -2.56. The zero-order chi connectivity index (χ0) is 13.8. The predicted octanol–water partition coefficient (Wildman–Crippen LogP) is 2.50. The highest BCUT2D eigenvalue weighted by atomic mass is 16.5. The number of nitrogens with two attached hydrogens (primary N) is 1. The predicted molar refractivity (Wildman–Crippen MR) is 74.5 cm³/mol. The van der Waals surface area contributed by atoms with Gasteiger partial charge in [0.2, 0.25) is 0 Å². The molecule has 0 amide bonds. The number of carbonyl (C=O) groups is 1. The summed E-state index contributed by atoms with van der Waals surface area (Å²) in [6.45, 7) is 1.89. The lowest BCUT2D eigenvalue weighted by atomic mass is 10.2. The molecule has 1 heterocycles. The van der Waals surface area contributed by atoms with E-state index < -0.39 is 0 Å². The summed E-state index contributed by atoms with van der Waals surface area (Å²) in [6, 6.07) is 10.6. The van der Waals surface area contributed by atoms with Gasteiger partial charge in [-0.2, -0.15) is 0 Å². The lowest BCUT2D eigenvalue weighted by Crippen LogP contribution is -2.02. The fourth-order valence-electron chi connectivity index (χ4n) is 1.61. The zero-order valence-electron chi connectivity index (χ0n) is 10.8. The van der Waals surface area contributed by atoms with Crippen LogP contribution in [0.5, 0.6) is 0 Å². The molecule has 19 heavy (non-hydrogen) atoms. The number of esters is 1. The van der Waals surface area contributed by atoms with Gasteiger partial charge in [-0.25, -0.2) is 9.78 Å². The molecule has 0 radical (unpaired) electrons. The molecule has 2 rings (SSSR count). The summed E-state index contributed by atoms with van der Waals surface area (Å²) in [6.07, 6.45) is 0. The molecule has 0 aliphatic carbocycles. The third-order valence-corrected chi connectivity index (χ3v) is 2.63. The second-order valence-electron chi connectivity index (χ2n) is 4.08. The van der Waals surface area contributed by atoms with E-state index in [4.69, 9.17) is 5.73 Å². The third-order valence-electron chi connectivity index (χ3n) is 2.63. The van der Waals surface area contributed by atoms with Gasteiger partial charge in [0.05, 0.1) is 18.4 Å². The van der Waals surface area contributed by atoms with E-state index in [2.05, 4.69) is 15.0 Å². The van der Waals surface area contributed by atoms with Gasteiger partial charge in [0.15, 0.2) is 5.82 Å². The van der Waals surface area contributed by atoms with E-state index in [-0.39, 0.29) is 5.97 Å². The normalized spacial score (nSPS) is 10.0. The molecule has 0 aliphatic heterocycles. The van der Waals surface area contributed by atoms with E-state index in [9.17, 15) is 4.79 Å². The number of hydrogen-bond acceptors (Lipinski definition) is 5. The number of rotatable bonds is 3. The summed E-state index contributed by atoms with van der Waals surface area (Å²) in [7, 11) is 1.35. The van der Waals surface area contributed by atoms with Crippen molar-refractivity contribution >= 4 is 23.2 Å². The minimum absolute atomic E-state index is 0.361. The van der Waals surface area contributed by atoms with Gasteiger partial charge in [-0.05, 0) is 43.3 Å². The molecule has 0 spiro atoms. The molecule has 0 aliphatic rings. The smallest absolute Gasteiger partial charge is 0.337 e. The van der Waals surface area contributed by atoms with Crippen LogP contribution < -0.4 is 11.1 Å². The van der Waals surface area contributed by atoms with Crippen molar-refractivity contribution in [1.82, 2.24) is 4.98 Å². The van der Waals surface area contributed by atoms with E-state index in [1.165, 1.54) is 7.11 Å². The first-order valence-corrected chi connectivity index (χ1v) is 5.78. The van der Waals surface area contributed by atoms with Gasteiger partial charge in [0, 0.05) is 11.4 Å². The van der Waals surface area contributed by atoms with Crippen LogP contribution in [0.15, 0.2) is 36.4 Å². The Balaban J connectivity index is 2.19. The first kappa shape index (κ1) is 12.9. The Morgan fingerprint density at radius 3 is 2.53 bits per heavy atom. The Morgan fingerprint density at radius 1 is 1.21 bits per heavy atom. The average Bonchev–Trinajstić information content (AvgIpc) is 2.43. The number of pyridine rings is 1. The van der Waals surface area contributed by atoms with Crippen LogP contribution in [0.1, 0.15) is 16.1 Å². The van der Waals surface area contributed by atoms with Gasteiger partial charge >= 0.3 is 5.97 Å². The van der Waals surface area contributed by atoms with E-state index in [0.717, 1.165) is 11.4 Å². The summed E-state index contributed by atoms with van der Waals surface area (Å²) < 4.78 is 4.64. The van der Waals surface area contributed by atoms with Gasteiger partial charge < -0.3 is 15.8 Å². The third kappa shape index (κ3) is 3.01. The van der Waals surface area contributed by atoms with E-state index in [0.29, 0.717) is 17.1 Å². The van der Waals surface area contributed by atoms with Crippen LogP contribution in [-0.4, -0.2) is 18.1 Å². The quantitative estimate of drug-likeness (QED) is 0.826. The van der Waals surface area contributed by atoms with Crippen molar-refractivity contribution < 1.29 is 9.53 Å². The number of carbonyl (C=O) groups excluding carboxylic acids is 1. The highest BCUT2D eigenvalue weighted by Crippen LogP contribution is 2.21. The lowest BCUT2D eigenvalue weighted by Gasteiger charge is -2.09. The number of benzene rings is 1. The van der Waals surface area contributed by atoms with Crippen LogP contribution >= 0.6 is 0 Å². The Bertz CT molecular complexity index is 594. The molecule has 1 aromatic carbocycles. The summed E-state index contributed by atoms with van der Waals surface area (Å²) in [5, 5.41) is 3.11. The minimum Gasteiger partial charge on any atom is -0.465 e. The number of nitrogen functional groups attached to an aromatic ring is 1. The van der Waals surface area contributed by atoms with Crippen molar-refractivity contribution in [2.45, 2.75) is 6.92 Å². The number of nitrogens with one attached hydrogen (secondary N) is 1. The fourth-order valence-corrected chi connectivity index (χ4v) is 1.61. The minimum atomic E-state index is -0.361. The number of aromatic nitrogens is 1. The van der Waals surface area contributed by atoms with Crippen molar-refractivity contribution in [3.8, 4) is 0 Å². The molecule has 5 nitrogen and oxygen atoms in total. The highest BCUT2D eigenvalue weighted by Gasteiger charge is 2.06. The first-order valence-electron chi connectivity index (χ1n) is 5.78. The molecule has 2 aromatic rings. The topological polar surface area (TPSA) is 77.2 Å². The molecule has 3 N–H and O–H groups in total. The van der Waals surface area contributed by atoms with E-state index in [1.54, 1.807) is 30.3 Å². The van der Waals surface area contributed by atoms with Crippen LogP contribution in [0.2, 0.25) is 0 Å². The van der Waals surface area contributed by atoms with Crippen LogP contribution in [0.4, 0.5) is 17.2 Å². The largest absolute Gasteiger partial charge is 0.465 e.